The average molecular weight is 298 g/mol. The fraction of sp³-hybridized carbons (Fsp3) is 0.278. The number of nitrogens with one attached hydrogen (secondary N) is 1. The van der Waals surface area contributed by atoms with Crippen LogP contribution >= 0.6 is 0 Å². The Hall–Kier alpha value is -2.33. The minimum Gasteiger partial charge on any atom is -0.497 e. The Labute approximate surface area is 131 Å². The first-order valence-electron chi connectivity index (χ1n) is 7.29. The van der Waals surface area contributed by atoms with Crippen molar-refractivity contribution in [2.75, 3.05) is 19.5 Å². The van der Waals surface area contributed by atoms with Crippen molar-refractivity contribution in [3.8, 4) is 5.75 Å². The molecule has 1 atom stereocenters. The van der Waals surface area contributed by atoms with E-state index in [1.807, 2.05) is 73.5 Å². The standard InChI is InChI=1S/C18H22N2O2/c1-14(18(21)19-16-9-5-4-6-10-16)20(2)13-15-8-7-11-17(12-15)22-3/h4-12,14H,13H2,1-3H3,(H,19,21)/t14-/m0/s1. The summed E-state index contributed by atoms with van der Waals surface area (Å²) in [7, 11) is 3.59. The molecule has 0 heterocycles. The molecule has 22 heavy (non-hydrogen) atoms. The number of carbonyl (C=O) groups is 1. The zero-order chi connectivity index (χ0) is 15.9. The molecule has 4 heteroatoms. The lowest BCUT2D eigenvalue weighted by Crippen LogP contribution is -2.39. The smallest absolute Gasteiger partial charge is 0.241 e. The molecule has 0 radical (unpaired) electrons. The Kier molecular flexibility index (Phi) is 5.55. The van der Waals surface area contributed by atoms with Crippen LogP contribution < -0.4 is 10.1 Å². The van der Waals surface area contributed by atoms with Crippen LogP contribution in [0.25, 0.3) is 0 Å². The second-order valence-electron chi connectivity index (χ2n) is 5.30. The van der Waals surface area contributed by atoms with Gasteiger partial charge in [-0.25, -0.2) is 0 Å². The summed E-state index contributed by atoms with van der Waals surface area (Å²) in [6.07, 6.45) is 0. The van der Waals surface area contributed by atoms with Crippen molar-refractivity contribution in [2.24, 2.45) is 0 Å². The van der Waals surface area contributed by atoms with Crippen LogP contribution in [0.5, 0.6) is 5.75 Å². The molecule has 116 valence electrons. The van der Waals surface area contributed by atoms with Gasteiger partial charge in [-0.3, -0.25) is 9.69 Å². The van der Waals surface area contributed by atoms with Gasteiger partial charge in [-0.2, -0.15) is 0 Å². The molecule has 0 fully saturated rings. The lowest BCUT2D eigenvalue weighted by atomic mass is 10.1. The predicted octanol–water partition coefficient (Wildman–Crippen LogP) is 3.15. The van der Waals surface area contributed by atoms with E-state index in [1.54, 1.807) is 7.11 Å². The molecule has 2 rings (SSSR count). The van der Waals surface area contributed by atoms with Crippen LogP contribution in [0.3, 0.4) is 0 Å². The molecule has 2 aromatic rings. The maximum atomic E-state index is 12.3. The summed E-state index contributed by atoms with van der Waals surface area (Å²) in [6, 6.07) is 17.1. The van der Waals surface area contributed by atoms with Crippen LogP contribution in [-0.4, -0.2) is 31.0 Å². The first kappa shape index (κ1) is 16.0. The highest BCUT2D eigenvalue weighted by molar-refractivity contribution is 5.94. The molecular formula is C18H22N2O2. The SMILES string of the molecule is COc1cccc(CN(C)[C@@H](C)C(=O)Nc2ccccc2)c1. The number of hydrogen-bond donors (Lipinski definition) is 1. The predicted molar refractivity (Wildman–Crippen MR) is 89.0 cm³/mol. The van der Waals surface area contributed by atoms with Crippen molar-refractivity contribution in [3.63, 3.8) is 0 Å². The first-order chi connectivity index (χ1) is 10.6. The minimum atomic E-state index is -0.230. The second kappa shape index (κ2) is 7.61. The van der Waals surface area contributed by atoms with E-state index >= 15 is 0 Å². The zero-order valence-corrected chi connectivity index (χ0v) is 13.2. The second-order valence-corrected chi connectivity index (χ2v) is 5.30. The van der Waals surface area contributed by atoms with E-state index in [4.69, 9.17) is 4.74 Å². The normalized spacial score (nSPS) is 12.0. The maximum absolute atomic E-state index is 12.3. The number of carbonyl (C=O) groups excluding carboxylic acids is 1. The summed E-state index contributed by atoms with van der Waals surface area (Å²) in [5.74, 6) is 0.809. The van der Waals surface area contributed by atoms with E-state index < -0.39 is 0 Å². The highest BCUT2D eigenvalue weighted by Crippen LogP contribution is 2.15. The summed E-state index contributed by atoms with van der Waals surface area (Å²) in [5.41, 5.74) is 1.93. The van der Waals surface area contributed by atoms with Gasteiger partial charge in [-0.05, 0) is 43.8 Å². The van der Waals surface area contributed by atoms with E-state index in [0.29, 0.717) is 6.54 Å². The number of anilines is 1. The molecule has 0 saturated carbocycles. The topological polar surface area (TPSA) is 41.6 Å². The van der Waals surface area contributed by atoms with Gasteiger partial charge in [-0.1, -0.05) is 30.3 Å². The number of methoxy groups -OCH3 is 1. The number of ether oxygens (including phenoxy) is 1. The number of nitrogens with zero attached hydrogens (tertiary/aromatic N) is 1. The summed E-state index contributed by atoms with van der Waals surface area (Å²) in [4.78, 5) is 14.3. The number of para-hydroxylation sites is 1. The van der Waals surface area contributed by atoms with Gasteiger partial charge in [0.15, 0.2) is 0 Å². The lowest BCUT2D eigenvalue weighted by Gasteiger charge is -2.24. The van der Waals surface area contributed by atoms with Crippen LogP contribution in [0.15, 0.2) is 54.6 Å². The van der Waals surface area contributed by atoms with Gasteiger partial charge in [0.05, 0.1) is 13.2 Å². The van der Waals surface area contributed by atoms with Gasteiger partial charge >= 0.3 is 0 Å². The Morgan fingerprint density at radius 1 is 1.18 bits per heavy atom. The van der Waals surface area contributed by atoms with Gasteiger partial charge in [0, 0.05) is 12.2 Å². The Balaban J connectivity index is 1.96. The van der Waals surface area contributed by atoms with Gasteiger partial charge in [0.25, 0.3) is 0 Å². The fourth-order valence-electron chi connectivity index (χ4n) is 2.16. The fourth-order valence-corrected chi connectivity index (χ4v) is 2.16. The number of rotatable bonds is 6. The number of hydrogen-bond acceptors (Lipinski definition) is 3. The summed E-state index contributed by atoms with van der Waals surface area (Å²) in [6.45, 7) is 2.58. The highest BCUT2D eigenvalue weighted by atomic mass is 16.5. The Morgan fingerprint density at radius 3 is 2.59 bits per heavy atom. The molecule has 0 aliphatic heterocycles. The van der Waals surface area contributed by atoms with Gasteiger partial charge in [0.1, 0.15) is 5.75 Å². The van der Waals surface area contributed by atoms with Crippen LogP contribution in [0.1, 0.15) is 12.5 Å². The minimum absolute atomic E-state index is 0.0170. The van der Waals surface area contributed by atoms with Gasteiger partial charge in [0.2, 0.25) is 5.91 Å². The van der Waals surface area contributed by atoms with E-state index in [-0.39, 0.29) is 11.9 Å². The molecule has 0 bridgehead atoms. The van der Waals surface area contributed by atoms with Crippen molar-refractivity contribution >= 4 is 11.6 Å². The third kappa shape index (κ3) is 4.33. The molecular weight excluding hydrogens is 276 g/mol. The van der Waals surface area contributed by atoms with E-state index in [9.17, 15) is 4.79 Å². The average Bonchev–Trinajstić information content (AvgIpc) is 2.55. The van der Waals surface area contributed by atoms with Crippen LogP contribution in [0.4, 0.5) is 5.69 Å². The van der Waals surface area contributed by atoms with Crippen molar-refractivity contribution in [1.29, 1.82) is 0 Å². The van der Waals surface area contributed by atoms with Crippen LogP contribution in [0, 0.1) is 0 Å². The molecule has 1 N–H and O–H groups in total. The van der Waals surface area contributed by atoms with Crippen LogP contribution in [0.2, 0.25) is 0 Å². The van der Waals surface area contributed by atoms with Crippen molar-refractivity contribution in [2.45, 2.75) is 19.5 Å². The van der Waals surface area contributed by atoms with E-state index in [2.05, 4.69) is 5.32 Å². The molecule has 0 aliphatic carbocycles. The Bertz CT molecular complexity index is 613. The largest absolute Gasteiger partial charge is 0.497 e. The molecule has 0 aromatic heterocycles. The third-order valence-corrected chi connectivity index (χ3v) is 3.65. The molecule has 0 unspecified atom stereocenters. The summed E-state index contributed by atoms with van der Waals surface area (Å²) in [5, 5.41) is 2.93. The van der Waals surface area contributed by atoms with Gasteiger partial charge in [-0.15, -0.1) is 0 Å². The van der Waals surface area contributed by atoms with Crippen molar-refractivity contribution in [1.82, 2.24) is 4.90 Å². The summed E-state index contributed by atoms with van der Waals surface area (Å²) < 4.78 is 5.23. The first-order valence-corrected chi connectivity index (χ1v) is 7.29. The number of likely N-dealkylation sites (N-methyl/N-ethyl adjacent to an activating group) is 1. The van der Waals surface area contributed by atoms with Gasteiger partial charge < -0.3 is 10.1 Å². The maximum Gasteiger partial charge on any atom is 0.241 e. The van der Waals surface area contributed by atoms with Crippen molar-refractivity contribution in [3.05, 3.63) is 60.2 Å². The summed E-state index contributed by atoms with van der Waals surface area (Å²) >= 11 is 0. The third-order valence-electron chi connectivity index (χ3n) is 3.65. The van der Waals surface area contributed by atoms with E-state index in [1.165, 1.54) is 0 Å². The molecule has 4 nitrogen and oxygen atoms in total. The molecule has 0 aliphatic rings. The molecule has 0 spiro atoms. The number of amides is 1. The number of benzene rings is 2. The molecule has 0 saturated heterocycles. The monoisotopic (exact) mass is 298 g/mol. The van der Waals surface area contributed by atoms with E-state index in [0.717, 1.165) is 17.0 Å². The zero-order valence-electron chi connectivity index (χ0n) is 13.2. The van der Waals surface area contributed by atoms with Crippen LogP contribution in [-0.2, 0) is 11.3 Å². The molecule has 1 amide bonds. The molecule has 2 aromatic carbocycles. The quantitative estimate of drug-likeness (QED) is 0.890. The lowest BCUT2D eigenvalue weighted by molar-refractivity contribution is -0.120. The Morgan fingerprint density at radius 2 is 1.91 bits per heavy atom. The highest BCUT2D eigenvalue weighted by Gasteiger charge is 2.18. The van der Waals surface area contributed by atoms with Crippen molar-refractivity contribution < 1.29 is 9.53 Å².